The zero-order valence-electron chi connectivity index (χ0n) is 12.7. The lowest BCUT2D eigenvalue weighted by Crippen LogP contribution is -1.76. The maximum atomic E-state index is 4.72. The van der Waals surface area contributed by atoms with Gasteiger partial charge in [-0.2, -0.15) is 0 Å². The van der Waals surface area contributed by atoms with Crippen LogP contribution in [-0.2, 0) is 60.8 Å². The van der Waals surface area contributed by atoms with E-state index < -0.39 is 0 Å². The summed E-state index contributed by atoms with van der Waals surface area (Å²) in [5.74, 6) is 2.06. The molecule has 18 heavy (non-hydrogen) atoms. The Bertz CT molecular complexity index is 199. The van der Waals surface area contributed by atoms with Crippen molar-refractivity contribution in [3.63, 3.8) is 0 Å². The Morgan fingerprint density at radius 2 is 0.722 bits per heavy atom. The lowest BCUT2D eigenvalue weighted by atomic mass is 10.6. The molecule has 0 saturated carbocycles. The molecule has 0 aliphatic heterocycles. The van der Waals surface area contributed by atoms with Crippen LogP contribution >= 0.6 is 0 Å². The molecule has 0 heterocycles. The molecule has 116 valence electrons. The molecule has 0 radical (unpaired) electrons. The molecule has 0 N–H and O–H groups in total. The van der Waals surface area contributed by atoms with E-state index in [-0.39, 0.29) is 16.0 Å². The van der Waals surface area contributed by atoms with Crippen molar-refractivity contribution in [2.24, 2.45) is 0 Å². The molecule has 0 nitrogen and oxygen atoms in total. The molecular formula is C12H30S6-2. The third-order valence-corrected chi connectivity index (χ3v) is 4.22. The maximum absolute atomic E-state index is 4.72. The fraction of sp³-hybridized carbons (Fsp3) is 1.00. The molecule has 0 bridgehead atoms. The van der Waals surface area contributed by atoms with Crippen LogP contribution in [0.25, 0.3) is 0 Å². The highest BCUT2D eigenvalue weighted by Gasteiger charge is 1.58. The molecule has 6 heteroatoms. The van der Waals surface area contributed by atoms with E-state index in [2.05, 4.69) is 41.5 Å². The van der Waals surface area contributed by atoms with Crippen molar-refractivity contribution < 1.29 is 0 Å². The van der Waals surface area contributed by atoms with E-state index in [0.29, 0.717) is 0 Å². The first-order chi connectivity index (χ1) is 8.37. The van der Waals surface area contributed by atoms with Gasteiger partial charge in [0.2, 0.25) is 0 Å². The van der Waals surface area contributed by atoms with Crippen molar-refractivity contribution in [3.05, 3.63) is 0 Å². The van der Waals surface area contributed by atoms with Gasteiger partial charge in [-0.05, 0) is 0 Å². The van der Waals surface area contributed by atoms with Crippen molar-refractivity contribution >= 4 is 60.8 Å². The number of rotatable bonds is 4. The van der Waals surface area contributed by atoms with Gasteiger partial charge in [0.05, 0.1) is 0 Å². The maximum Gasteiger partial charge on any atom is -0.0590 e. The summed E-state index contributed by atoms with van der Waals surface area (Å²) in [6.45, 7) is 12.7. The summed E-state index contributed by atoms with van der Waals surface area (Å²) in [6.07, 6.45) is 4.77. The predicted molar refractivity (Wildman–Crippen MR) is 106 cm³/mol. The van der Waals surface area contributed by atoms with Crippen LogP contribution in [0.3, 0.4) is 0 Å². The van der Waals surface area contributed by atoms with Crippen LogP contribution in [0.5, 0.6) is 0 Å². The van der Waals surface area contributed by atoms with Crippen LogP contribution in [0.1, 0.15) is 67.2 Å². The van der Waals surface area contributed by atoms with E-state index in [4.69, 9.17) is 44.8 Å². The van der Waals surface area contributed by atoms with Gasteiger partial charge in [0, 0.05) is 0 Å². The summed E-state index contributed by atoms with van der Waals surface area (Å²) >= 11 is 18.9. The van der Waals surface area contributed by atoms with E-state index in [1.54, 1.807) is 0 Å². The molecular weight excluding hydrogens is 337 g/mol. The molecule has 0 amide bonds. The van der Waals surface area contributed by atoms with Gasteiger partial charge in [-0.1, -0.05) is 67.2 Å². The zero-order chi connectivity index (χ0) is 15.4. The first kappa shape index (κ1) is 27.8. The van der Waals surface area contributed by atoms with Crippen molar-refractivity contribution in [2.45, 2.75) is 67.2 Å². The van der Waals surface area contributed by atoms with Gasteiger partial charge in [0.25, 0.3) is 0 Å². The first-order valence-corrected chi connectivity index (χ1v) is 13.0. The van der Waals surface area contributed by atoms with Crippen LogP contribution in [-0.4, -0.2) is 11.5 Å². The van der Waals surface area contributed by atoms with Crippen LogP contribution in [0.4, 0.5) is 0 Å². The quantitative estimate of drug-likeness (QED) is 0.660. The molecule has 0 aromatic heterocycles. The molecule has 0 aliphatic carbocycles. The summed E-state index contributed by atoms with van der Waals surface area (Å²) in [4.78, 5) is 0. The summed E-state index contributed by atoms with van der Waals surface area (Å²) in [7, 11) is -0.298. The van der Waals surface area contributed by atoms with E-state index in [0.717, 1.165) is 24.3 Å². The van der Waals surface area contributed by atoms with Gasteiger partial charge in [0.1, 0.15) is 0 Å². The highest BCUT2D eigenvalue weighted by Crippen LogP contribution is 1.73. The molecule has 0 fully saturated rings. The number of hydrogen-bond acceptors (Lipinski definition) is 6. The molecule has 0 aliphatic rings. The summed E-state index contributed by atoms with van der Waals surface area (Å²) in [5.41, 5.74) is 0. The van der Waals surface area contributed by atoms with E-state index in [9.17, 15) is 0 Å². The van der Waals surface area contributed by atoms with Gasteiger partial charge in [-0.25, -0.2) is 0 Å². The minimum Gasteiger partial charge on any atom is -0.347 e. The third kappa shape index (κ3) is 84.1. The SMILES string of the molecule is CCC.CCC.CCC[S-](=S)=S.CCC[S-](=S)=S. The minimum atomic E-state index is -0.149. The first-order valence-electron chi connectivity index (χ1n) is 6.49. The molecule has 0 atom stereocenters. The van der Waals surface area contributed by atoms with Crippen LogP contribution in [0.2, 0.25) is 0 Å². The highest BCUT2D eigenvalue weighted by atomic mass is 33.1. The monoisotopic (exact) mass is 366 g/mol. The van der Waals surface area contributed by atoms with Crippen molar-refractivity contribution in [1.82, 2.24) is 0 Å². The normalized spacial score (nSPS) is 8.44. The average Bonchev–Trinajstić information content (AvgIpc) is 2.20. The Morgan fingerprint density at radius 3 is 0.722 bits per heavy atom. The lowest BCUT2D eigenvalue weighted by molar-refractivity contribution is 1.09. The fourth-order valence-electron chi connectivity index (χ4n) is 0.333. The Labute approximate surface area is 138 Å². The molecule has 0 aromatic carbocycles. The second-order valence-electron chi connectivity index (χ2n) is 3.43. The lowest BCUT2D eigenvalue weighted by Gasteiger charge is -1.92. The molecule has 0 spiro atoms. The van der Waals surface area contributed by atoms with Crippen LogP contribution < -0.4 is 0 Å². The Morgan fingerprint density at radius 1 is 0.556 bits per heavy atom. The smallest absolute Gasteiger partial charge is 0.0590 e. The summed E-state index contributed by atoms with van der Waals surface area (Å²) in [5, 5.41) is 0. The average molecular weight is 367 g/mol. The minimum absolute atomic E-state index is 0.149. The Kier molecular flexibility index (Phi) is 48.2. The number of hydrogen-bond donors (Lipinski definition) is 0. The predicted octanol–water partition coefficient (Wildman–Crippen LogP) is 4.71. The standard InChI is InChI=1S/2C3H7S3.2C3H8/c2*1-2-3-6(4)5;2*1-3-2/h2*2-3H2,1H3;2*3H2,1-2H3/q2*-1;;. The van der Waals surface area contributed by atoms with Crippen molar-refractivity contribution in [1.29, 1.82) is 0 Å². The van der Waals surface area contributed by atoms with E-state index >= 15 is 0 Å². The van der Waals surface area contributed by atoms with Gasteiger partial charge in [-0.15, -0.1) is 11.5 Å². The second kappa shape index (κ2) is 31.1. The largest absolute Gasteiger partial charge is 0.347 e. The van der Waals surface area contributed by atoms with Crippen molar-refractivity contribution in [3.8, 4) is 0 Å². The van der Waals surface area contributed by atoms with Gasteiger partial charge >= 0.3 is 0 Å². The van der Waals surface area contributed by atoms with E-state index in [1.807, 2.05) is 0 Å². The van der Waals surface area contributed by atoms with Crippen molar-refractivity contribution in [2.75, 3.05) is 11.5 Å². The molecule has 0 rings (SSSR count). The van der Waals surface area contributed by atoms with Gasteiger partial charge in [0.15, 0.2) is 0 Å². The molecule has 0 aromatic rings. The van der Waals surface area contributed by atoms with E-state index in [1.165, 1.54) is 12.8 Å². The highest BCUT2D eigenvalue weighted by molar-refractivity contribution is 8.46. The van der Waals surface area contributed by atoms with Gasteiger partial charge < -0.3 is 16.0 Å². The Balaban J connectivity index is -0.0000000770. The molecule has 0 saturated heterocycles. The Hall–Kier alpha value is 1.58. The second-order valence-corrected chi connectivity index (χ2v) is 11.6. The summed E-state index contributed by atoms with van der Waals surface area (Å²) < 4.78 is 0. The van der Waals surface area contributed by atoms with Crippen LogP contribution in [0.15, 0.2) is 0 Å². The summed E-state index contributed by atoms with van der Waals surface area (Å²) in [6, 6.07) is 0. The fourth-order valence-corrected chi connectivity index (χ4v) is 3.00. The zero-order valence-corrected chi connectivity index (χ0v) is 17.6. The van der Waals surface area contributed by atoms with Gasteiger partial charge in [-0.3, -0.25) is 44.8 Å². The molecule has 0 unspecified atom stereocenters. The topological polar surface area (TPSA) is 0 Å². The third-order valence-electron chi connectivity index (χ3n) is 0.742. The van der Waals surface area contributed by atoms with Crippen LogP contribution in [0, 0.1) is 0 Å².